The SMILES string of the molecule is O=C(/C=C/n1cnc(-c2cc(C(F)(F)F)cc(C(F)(F)F)c2)n1)NCc1cnccn1. The zero-order valence-corrected chi connectivity index (χ0v) is 15.3. The number of nitrogens with one attached hydrogen (secondary N) is 1. The van der Waals surface area contributed by atoms with Gasteiger partial charge < -0.3 is 5.32 Å². The van der Waals surface area contributed by atoms with Gasteiger partial charge in [-0.3, -0.25) is 14.8 Å². The first-order chi connectivity index (χ1) is 14.5. The lowest BCUT2D eigenvalue weighted by Crippen LogP contribution is -2.21. The minimum Gasteiger partial charge on any atom is -0.347 e. The number of carbonyl (C=O) groups is 1. The van der Waals surface area contributed by atoms with Gasteiger partial charge in [-0.2, -0.15) is 26.3 Å². The lowest BCUT2D eigenvalue weighted by molar-refractivity contribution is -0.143. The third-order valence-corrected chi connectivity index (χ3v) is 3.79. The summed E-state index contributed by atoms with van der Waals surface area (Å²) in [6.45, 7) is 0.101. The zero-order valence-electron chi connectivity index (χ0n) is 15.3. The fourth-order valence-corrected chi connectivity index (χ4v) is 2.36. The number of amides is 1. The standard InChI is InChI=1S/C18H12F6N6O/c19-17(20,21)12-5-11(6-13(7-12)18(22,23)24)16-28-10-30(29-16)4-1-15(31)27-9-14-8-25-2-3-26-14/h1-8,10H,9H2,(H,27,31)/b4-1+. The molecular weight excluding hydrogens is 430 g/mol. The lowest BCUT2D eigenvalue weighted by atomic mass is 10.0. The van der Waals surface area contributed by atoms with Gasteiger partial charge in [-0.25, -0.2) is 9.67 Å². The molecule has 0 radical (unpaired) electrons. The van der Waals surface area contributed by atoms with E-state index in [2.05, 4.69) is 25.4 Å². The molecule has 0 aliphatic rings. The fraction of sp³-hybridized carbons (Fsp3) is 0.167. The molecule has 1 aromatic carbocycles. The molecule has 0 fully saturated rings. The molecule has 13 heteroatoms. The maximum atomic E-state index is 13.0. The minimum absolute atomic E-state index is 0.0157. The van der Waals surface area contributed by atoms with E-state index in [1.807, 2.05) is 0 Å². The summed E-state index contributed by atoms with van der Waals surface area (Å²) in [6, 6.07) is 1.06. The Bertz CT molecular complexity index is 1060. The normalized spacial score (nSPS) is 12.3. The van der Waals surface area contributed by atoms with E-state index in [-0.39, 0.29) is 18.4 Å². The first-order valence-electron chi connectivity index (χ1n) is 8.44. The van der Waals surface area contributed by atoms with Gasteiger partial charge in [0.25, 0.3) is 0 Å². The van der Waals surface area contributed by atoms with Crippen LogP contribution >= 0.6 is 0 Å². The van der Waals surface area contributed by atoms with Crippen LogP contribution in [-0.4, -0.2) is 30.6 Å². The molecule has 0 aliphatic heterocycles. The molecule has 2 aromatic heterocycles. The molecule has 0 spiro atoms. The molecule has 0 saturated heterocycles. The third-order valence-electron chi connectivity index (χ3n) is 3.79. The highest BCUT2D eigenvalue weighted by Gasteiger charge is 2.37. The van der Waals surface area contributed by atoms with Gasteiger partial charge in [-0.05, 0) is 18.2 Å². The number of hydrogen-bond acceptors (Lipinski definition) is 5. The van der Waals surface area contributed by atoms with Gasteiger partial charge in [-0.15, -0.1) is 5.10 Å². The first-order valence-corrected chi connectivity index (χ1v) is 8.44. The molecule has 0 bridgehead atoms. The van der Waals surface area contributed by atoms with Gasteiger partial charge >= 0.3 is 12.4 Å². The van der Waals surface area contributed by atoms with E-state index >= 15 is 0 Å². The largest absolute Gasteiger partial charge is 0.416 e. The predicted molar refractivity (Wildman–Crippen MR) is 94.7 cm³/mol. The summed E-state index contributed by atoms with van der Waals surface area (Å²) in [4.78, 5) is 23.3. The lowest BCUT2D eigenvalue weighted by Gasteiger charge is -2.13. The Hall–Kier alpha value is -3.77. The number of aromatic nitrogens is 5. The highest BCUT2D eigenvalue weighted by Crippen LogP contribution is 2.37. The first kappa shape index (κ1) is 21.9. The predicted octanol–water partition coefficient (Wildman–Crippen LogP) is 3.56. The Morgan fingerprint density at radius 1 is 1.00 bits per heavy atom. The highest BCUT2D eigenvalue weighted by molar-refractivity contribution is 5.89. The van der Waals surface area contributed by atoms with E-state index in [0.717, 1.165) is 23.3 Å². The fourth-order valence-electron chi connectivity index (χ4n) is 2.36. The summed E-state index contributed by atoms with van der Waals surface area (Å²) in [5, 5.41) is 6.31. The van der Waals surface area contributed by atoms with Crippen LogP contribution in [0.15, 0.2) is 49.2 Å². The van der Waals surface area contributed by atoms with E-state index in [0.29, 0.717) is 17.8 Å². The zero-order chi connectivity index (χ0) is 22.6. The number of rotatable bonds is 5. The molecule has 0 atom stereocenters. The van der Waals surface area contributed by atoms with Crippen LogP contribution in [0.2, 0.25) is 0 Å². The molecule has 7 nitrogen and oxygen atoms in total. The van der Waals surface area contributed by atoms with Gasteiger partial charge in [0, 0.05) is 30.2 Å². The van der Waals surface area contributed by atoms with Crippen LogP contribution < -0.4 is 5.32 Å². The van der Waals surface area contributed by atoms with Crippen LogP contribution in [0.25, 0.3) is 17.6 Å². The number of halogens is 6. The number of nitrogens with zero attached hydrogens (tertiary/aromatic N) is 5. The monoisotopic (exact) mass is 442 g/mol. The molecule has 3 aromatic rings. The van der Waals surface area contributed by atoms with Crippen molar-refractivity contribution in [3.8, 4) is 11.4 Å². The van der Waals surface area contributed by atoms with Crippen molar-refractivity contribution in [1.29, 1.82) is 0 Å². The van der Waals surface area contributed by atoms with Crippen molar-refractivity contribution in [2.75, 3.05) is 0 Å². The number of benzene rings is 1. The molecule has 1 amide bonds. The number of carbonyl (C=O) groups excluding carboxylic acids is 1. The van der Waals surface area contributed by atoms with E-state index in [4.69, 9.17) is 0 Å². The topological polar surface area (TPSA) is 85.6 Å². The van der Waals surface area contributed by atoms with Gasteiger partial charge in [-0.1, -0.05) is 0 Å². The molecule has 0 saturated carbocycles. The van der Waals surface area contributed by atoms with Crippen LogP contribution in [0.5, 0.6) is 0 Å². The van der Waals surface area contributed by atoms with Crippen molar-refractivity contribution in [3.63, 3.8) is 0 Å². The summed E-state index contributed by atoms with van der Waals surface area (Å²) in [5.41, 5.74) is -2.92. The Labute approximate surface area is 170 Å². The summed E-state index contributed by atoms with van der Waals surface area (Å²) < 4.78 is 78.9. The van der Waals surface area contributed by atoms with Crippen LogP contribution in [0.4, 0.5) is 26.3 Å². The van der Waals surface area contributed by atoms with Crippen molar-refractivity contribution in [2.24, 2.45) is 0 Å². The van der Waals surface area contributed by atoms with Crippen molar-refractivity contribution >= 4 is 12.1 Å². The minimum atomic E-state index is -4.99. The van der Waals surface area contributed by atoms with E-state index in [1.54, 1.807) is 0 Å². The summed E-state index contributed by atoms with van der Waals surface area (Å²) in [5.74, 6) is -0.914. The van der Waals surface area contributed by atoms with Gasteiger partial charge in [0.1, 0.15) is 6.33 Å². The molecule has 3 rings (SSSR count). The van der Waals surface area contributed by atoms with E-state index in [9.17, 15) is 31.1 Å². The second kappa shape index (κ2) is 8.53. The Kier molecular flexibility index (Phi) is 6.04. The average molecular weight is 442 g/mol. The van der Waals surface area contributed by atoms with Crippen LogP contribution in [0.1, 0.15) is 16.8 Å². The molecule has 0 aliphatic carbocycles. The summed E-state index contributed by atoms with van der Waals surface area (Å²) >= 11 is 0. The smallest absolute Gasteiger partial charge is 0.347 e. The summed E-state index contributed by atoms with van der Waals surface area (Å²) in [6.07, 6.45) is -2.36. The second-order valence-corrected chi connectivity index (χ2v) is 6.07. The van der Waals surface area contributed by atoms with E-state index < -0.39 is 35.0 Å². The summed E-state index contributed by atoms with van der Waals surface area (Å²) in [7, 11) is 0. The van der Waals surface area contributed by atoms with Crippen molar-refractivity contribution < 1.29 is 31.1 Å². The van der Waals surface area contributed by atoms with Gasteiger partial charge in [0.2, 0.25) is 5.91 Å². The molecular formula is C18H12F6N6O. The second-order valence-electron chi connectivity index (χ2n) is 6.07. The Morgan fingerprint density at radius 3 is 2.26 bits per heavy atom. The van der Waals surface area contributed by atoms with Gasteiger partial charge in [0.15, 0.2) is 5.82 Å². The van der Waals surface area contributed by atoms with Crippen LogP contribution in [0, 0.1) is 0 Å². The number of hydrogen-bond donors (Lipinski definition) is 1. The quantitative estimate of drug-likeness (QED) is 0.483. The molecule has 31 heavy (non-hydrogen) atoms. The third kappa shape index (κ3) is 5.87. The van der Waals surface area contributed by atoms with E-state index in [1.165, 1.54) is 18.6 Å². The molecule has 162 valence electrons. The molecule has 1 N–H and O–H groups in total. The van der Waals surface area contributed by atoms with Crippen molar-refractivity contribution in [2.45, 2.75) is 18.9 Å². The Balaban J connectivity index is 1.77. The van der Waals surface area contributed by atoms with Crippen molar-refractivity contribution in [3.05, 3.63) is 66.0 Å². The Morgan fingerprint density at radius 2 is 1.68 bits per heavy atom. The number of alkyl halides is 6. The van der Waals surface area contributed by atoms with Crippen LogP contribution in [-0.2, 0) is 23.7 Å². The average Bonchev–Trinajstić information content (AvgIpc) is 3.19. The van der Waals surface area contributed by atoms with Gasteiger partial charge in [0.05, 0.1) is 29.6 Å². The maximum absolute atomic E-state index is 13.0. The molecule has 2 heterocycles. The van der Waals surface area contributed by atoms with Crippen LogP contribution in [0.3, 0.4) is 0 Å². The maximum Gasteiger partial charge on any atom is 0.416 e. The molecule has 0 unspecified atom stereocenters. The highest BCUT2D eigenvalue weighted by atomic mass is 19.4. The van der Waals surface area contributed by atoms with Crippen molar-refractivity contribution in [1.82, 2.24) is 30.0 Å².